The van der Waals surface area contributed by atoms with Crippen LogP contribution in [0.4, 0.5) is 0 Å². The van der Waals surface area contributed by atoms with Crippen molar-refractivity contribution < 1.29 is 19.0 Å². The van der Waals surface area contributed by atoms with E-state index in [0.29, 0.717) is 6.54 Å². The lowest BCUT2D eigenvalue weighted by Gasteiger charge is -2.29. The normalized spacial score (nSPS) is 20.0. The van der Waals surface area contributed by atoms with Crippen molar-refractivity contribution in [3.63, 3.8) is 0 Å². The van der Waals surface area contributed by atoms with Gasteiger partial charge in [-0.3, -0.25) is 4.79 Å². The Labute approximate surface area is 162 Å². The molecule has 0 bridgehead atoms. The van der Waals surface area contributed by atoms with Crippen LogP contribution in [0.15, 0.2) is 42.5 Å². The number of carbonyl (C=O) groups excluding carboxylic acids is 1. The Balaban J connectivity index is 0.00000180. The number of esters is 1. The number of aromatic nitrogens is 1. The standard InChI is InChI=1S/C20H18N2O4.ClH/c1-24-20(23)13-9-21-18(11-6-7-15-16(8-11)26-10-25-15)19-17(13)12-4-2-3-5-14(12)22-19;/h2-8,13,18,21-22H,9-10H2,1H3;1H/t13-,18+;/m0./s1. The van der Waals surface area contributed by atoms with E-state index in [4.69, 9.17) is 14.2 Å². The lowest BCUT2D eigenvalue weighted by Crippen LogP contribution is -2.37. The first-order chi connectivity index (χ1) is 12.8. The number of ether oxygens (including phenoxy) is 3. The molecule has 0 amide bonds. The van der Waals surface area contributed by atoms with Gasteiger partial charge in [-0.05, 0) is 29.3 Å². The summed E-state index contributed by atoms with van der Waals surface area (Å²) in [5, 5.41) is 4.54. The van der Waals surface area contributed by atoms with Gasteiger partial charge in [-0.2, -0.15) is 0 Å². The molecule has 0 fully saturated rings. The van der Waals surface area contributed by atoms with E-state index in [-0.39, 0.29) is 37.1 Å². The molecule has 2 atom stereocenters. The molecule has 0 unspecified atom stereocenters. The second kappa shape index (κ2) is 6.79. The summed E-state index contributed by atoms with van der Waals surface area (Å²) in [7, 11) is 1.43. The smallest absolute Gasteiger partial charge is 0.314 e. The zero-order valence-electron chi connectivity index (χ0n) is 14.7. The van der Waals surface area contributed by atoms with Crippen molar-refractivity contribution in [1.29, 1.82) is 0 Å². The van der Waals surface area contributed by atoms with Gasteiger partial charge in [0, 0.05) is 23.1 Å². The monoisotopic (exact) mass is 386 g/mol. The van der Waals surface area contributed by atoms with Gasteiger partial charge in [-0.1, -0.05) is 24.3 Å². The number of H-pyrrole nitrogens is 1. The molecule has 1 aromatic heterocycles. The summed E-state index contributed by atoms with van der Waals surface area (Å²) >= 11 is 0. The van der Waals surface area contributed by atoms with Crippen molar-refractivity contribution in [2.45, 2.75) is 12.0 Å². The number of benzene rings is 2. The highest BCUT2D eigenvalue weighted by atomic mass is 35.5. The zero-order chi connectivity index (χ0) is 17.7. The van der Waals surface area contributed by atoms with E-state index < -0.39 is 0 Å². The largest absolute Gasteiger partial charge is 0.469 e. The number of hydrogen-bond acceptors (Lipinski definition) is 5. The Kier molecular flexibility index (Phi) is 4.45. The molecule has 0 saturated heterocycles. The van der Waals surface area contributed by atoms with E-state index in [2.05, 4.69) is 10.3 Å². The van der Waals surface area contributed by atoms with E-state index in [1.807, 2.05) is 42.5 Å². The third kappa shape index (κ3) is 2.72. The highest BCUT2D eigenvalue weighted by molar-refractivity contribution is 5.92. The van der Waals surface area contributed by atoms with Gasteiger partial charge in [0.15, 0.2) is 11.5 Å². The number of rotatable bonds is 2. The minimum absolute atomic E-state index is 0. The fourth-order valence-corrected chi connectivity index (χ4v) is 3.95. The summed E-state index contributed by atoms with van der Waals surface area (Å²) in [5.41, 5.74) is 4.08. The molecule has 3 aromatic rings. The van der Waals surface area contributed by atoms with Crippen LogP contribution in [0.25, 0.3) is 10.9 Å². The fraction of sp³-hybridized carbons (Fsp3) is 0.250. The van der Waals surface area contributed by atoms with Gasteiger partial charge in [-0.25, -0.2) is 0 Å². The van der Waals surface area contributed by atoms with Crippen LogP contribution in [0.1, 0.15) is 28.8 Å². The number of hydrogen-bond donors (Lipinski definition) is 2. The van der Waals surface area contributed by atoms with Crippen LogP contribution < -0.4 is 14.8 Å². The summed E-state index contributed by atoms with van der Waals surface area (Å²) in [6.07, 6.45) is 0. The maximum absolute atomic E-state index is 12.4. The van der Waals surface area contributed by atoms with Gasteiger partial charge in [0.1, 0.15) is 0 Å². The Morgan fingerprint density at radius 1 is 1.15 bits per heavy atom. The Bertz CT molecular complexity index is 1020. The maximum atomic E-state index is 12.4. The van der Waals surface area contributed by atoms with Crippen LogP contribution in [0.2, 0.25) is 0 Å². The highest BCUT2D eigenvalue weighted by Gasteiger charge is 2.36. The van der Waals surface area contributed by atoms with Crippen molar-refractivity contribution in [3.05, 3.63) is 59.3 Å². The second-order valence-electron chi connectivity index (χ2n) is 6.53. The minimum atomic E-state index is -0.337. The molecule has 5 rings (SSSR count). The first-order valence-corrected chi connectivity index (χ1v) is 8.57. The van der Waals surface area contributed by atoms with Crippen LogP contribution in [-0.4, -0.2) is 31.4 Å². The average Bonchev–Trinajstić information content (AvgIpc) is 3.30. The molecule has 7 heteroatoms. The molecular weight excluding hydrogens is 368 g/mol. The van der Waals surface area contributed by atoms with Gasteiger partial charge in [0.05, 0.1) is 19.1 Å². The van der Waals surface area contributed by atoms with Crippen molar-refractivity contribution in [3.8, 4) is 11.5 Å². The van der Waals surface area contributed by atoms with Gasteiger partial charge in [0.2, 0.25) is 6.79 Å². The second-order valence-corrected chi connectivity index (χ2v) is 6.53. The highest BCUT2D eigenvalue weighted by Crippen LogP contribution is 2.41. The fourth-order valence-electron chi connectivity index (χ4n) is 3.95. The van der Waals surface area contributed by atoms with Crippen LogP contribution in [0, 0.1) is 0 Å². The van der Waals surface area contributed by atoms with E-state index in [9.17, 15) is 4.79 Å². The van der Waals surface area contributed by atoms with E-state index >= 15 is 0 Å². The number of para-hydroxylation sites is 1. The first kappa shape index (κ1) is 17.7. The summed E-state index contributed by atoms with van der Waals surface area (Å²) in [5.74, 6) is 0.940. The molecular formula is C20H19ClN2O4. The van der Waals surface area contributed by atoms with Gasteiger partial charge in [-0.15, -0.1) is 12.4 Å². The molecule has 0 aliphatic carbocycles. The number of methoxy groups -OCH3 is 1. The molecule has 2 aliphatic rings. The zero-order valence-corrected chi connectivity index (χ0v) is 15.5. The van der Waals surface area contributed by atoms with Crippen molar-refractivity contribution in [2.75, 3.05) is 20.4 Å². The number of fused-ring (bicyclic) bond motifs is 4. The molecule has 140 valence electrons. The Morgan fingerprint density at radius 2 is 1.96 bits per heavy atom. The molecule has 0 saturated carbocycles. The van der Waals surface area contributed by atoms with E-state index in [1.165, 1.54) is 7.11 Å². The van der Waals surface area contributed by atoms with Gasteiger partial charge < -0.3 is 24.5 Å². The molecule has 0 spiro atoms. The SMILES string of the molecule is COC(=O)[C@H]1CN[C@H](c2ccc3c(c2)OCO3)c2[nH]c3ccccc3c21.Cl. The number of halogens is 1. The molecule has 27 heavy (non-hydrogen) atoms. The number of carbonyl (C=O) groups is 1. The molecule has 2 N–H and O–H groups in total. The molecule has 2 aliphatic heterocycles. The van der Waals surface area contributed by atoms with Gasteiger partial charge >= 0.3 is 5.97 Å². The lowest BCUT2D eigenvalue weighted by molar-refractivity contribution is -0.142. The first-order valence-electron chi connectivity index (χ1n) is 8.57. The van der Waals surface area contributed by atoms with Gasteiger partial charge in [0.25, 0.3) is 0 Å². The number of aromatic amines is 1. The molecule has 3 heterocycles. The topological polar surface area (TPSA) is 72.6 Å². The summed E-state index contributed by atoms with van der Waals surface area (Å²) in [6, 6.07) is 13.9. The van der Waals surface area contributed by atoms with Crippen molar-refractivity contribution >= 4 is 29.3 Å². The maximum Gasteiger partial charge on any atom is 0.314 e. The quantitative estimate of drug-likeness (QED) is 0.661. The van der Waals surface area contributed by atoms with Crippen LogP contribution in [0.3, 0.4) is 0 Å². The molecule has 6 nitrogen and oxygen atoms in total. The third-order valence-corrected chi connectivity index (χ3v) is 5.16. The summed E-state index contributed by atoms with van der Waals surface area (Å²) in [6.45, 7) is 0.763. The van der Waals surface area contributed by atoms with Crippen LogP contribution in [0.5, 0.6) is 11.5 Å². The summed E-state index contributed by atoms with van der Waals surface area (Å²) in [4.78, 5) is 15.9. The van der Waals surface area contributed by atoms with E-state index in [1.54, 1.807) is 0 Å². The van der Waals surface area contributed by atoms with Crippen LogP contribution in [-0.2, 0) is 9.53 Å². The average molecular weight is 387 g/mol. The number of nitrogens with one attached hydrogen (secondary N) is 2. The Morgan fingerprint density at radius 3 is 2.81 bits per heavy atom. The predicted octanol–water partition coefficient (Wildman–Crippen LogP) is 3.27. The van der Waals surface area contributed by atoms with E-state index in [0.717, 1.165) is 39.2 Å². The predicted molar refractivity (Wildman–Crippen MR) is 103 cm³/mol. The third-order valence-electron chi connectivity index (χ3n) is 5.16. The Hall–Kier alpha value is -2.70. The van der Waals surface area contributed by atoms with Crippen LogP contribution >= 0.6 is 12.4 Å². The molecule has 2 aromatic carbocycles. The summed E-state index contributed by atoms with van der Waals surface area (Å²) < 4.78 is 16.0. The molecule has 0 radical (unpaired) electrons. The van der Waals surface area contributed by atoms with Crippen molar-refractivity contribution in [2.24, 2.45) is 0 Å². The van der Waals surface area contributed by atoms with Crippen molar-refractivity contribution in [1.82, 2.24) is 10.3 Å². The minimum Gasteiger partial charge on any atom is -0.469 e. The lowest BCUT2D eigenvalue weighted by atomic mass is 9.87.